The van der Waals surface area contributed by atoms with E-state index in [0.717, 1.165) is 23.9 Å². The average Bonchev–Trinajstić information content (AvgIpc) is 3.13. The highest BCUT2D eigenvalue weighted by atomic mass is 16.5. The Morgan fingerprint density at radius 2 is 2.12 bits per heavy atom. The Kier molecular flexibility index (Phi) is 2.39. The van der Waals surface area contributed by atoms with E-state index < -0.39 is 0 Å². The molecule has 0 radical (unpaired) electrons. The molecule has 1 aliphatic heterocycles. The van der Waals surface area contributed by atoms with Crippen molar-refractivity contribution in [1.82, 2.24) is 0 Å². The van der Waals surface area contributed by atoms with Crippen LogP contribution < -0.4 is 15.4 Å². The number of ether oxygens (including phenoxy) is 1. The Bertz CT molecular complexity index is 388. The van der Waals surface area contributed by atoms with Crippen molar-refractivity contribution in [2.45, 2.75) is 25.3 Å². The van der Waals surface area contributed by atoms with Crippen molar-refractivity contribution in [2.75, 3.05) is 24.3 Å². The summed E-state index contributed by atoms with van der Waals surface area (Å²) in [7, 11) is 1.72. The Balaban J connectivity index is 1.90. The number of hydrogen-bond donors (Lipinski definition) is 2. The van der Waals surface area contributed by atoms with Crippen molar-refractivity contribution in [3.8, 4) is 5.75 Å². The van der Waals surface area contributed by atoms with Crippen LogP contribution in [0.3, 0.4) is 0 Å². The summed E-state index contributed by atoms with van der Waals surface area (Å²) in [4.78, 5) is 0. The Morgan fingerprint density at radius 3 is 2.88 bits per heavy atom. The van der Waals surface area contributed by atoms with Crippen molar-refractivity contribution >= 4 is 11.4 Å². The lowest BCUT2D eigenvalue weighted by Gasteiger charge is -2.17. The number of rotatable bonds is 2. The van der Waals surface area contributed by atoms with Crippen molar-refractivity contribution in [1.29, 1.82) is 0 Å². The number of benzene rings is 1. The van der Waals surface area contributed by atoms with Gasteiger partial charge in [0, 0.05) is 12.6 Å². The van der Waals surface area contributed by atoms with Gasteiger partial charge in [0.15, 0.2) is 0 Å². The third-order valence-electron chi connectivity index (χ3n) is 3.54. The molecule has 1 aromatic rings. The van der Waals surface area contributed by atoms with Crippen LogP contribution in [0.25, 0.3) is 0 Å². The van der Waals surface area contributed by atoms with Gasteiger partial charge in [0.2, 0.25) is 0 Å². The lowest BCUT2D eigenvalue weighted by Crippen LogP contribution is -2.21. The summed E-state index contributed by atoms with van der Waals surface area (Å²) in [6.07, 6.45) is 3.97. The maximum atomic E-state index is 5.38. The minimum absolute atomic E-state index is 0.640. The van der Waals surface area contributed by atoms with E-state index in [1.165, 1.54) is 24.9 Å². The average molecular weight is 218 g/mol. The highest BCUT2D eigenvalue weighted by Crippen LogP contribution is 2.40. The fourth-order valence-electron chi connectivity index (χ4n) is 2.48. The predicted molar refractivity (Wildman–Crippen MR) is 66.2 cm³/mol. The molecule has 3 heteroatoms. The molecular weight excluding hydrogens is 200 g/mol. The molecule has 2 N–H and O–H groups in total. The van der Waals surface area contributed by atoms with E-state index in [4.69, 9.17) is 4.74 Å². The van der Waals surface area contributed by atoms with E-state index in [1.54, 1.807) is 7.11 Å². The van der Waals surface area contributed by atoms with E-state index in [1.807, 2.05) is 12.1 Å². The summed E-state index contributed by atoms with van der Waals surface area (Å²) in [5.41, 5.74) is 2.31. The van der Waals surface area contributed by atoms with Crippen molar-refractivity contribution < 1.29 is 4.74 Å². The zero-order valence-corrected chi connectivity index (χ0v) is 9.62. The molecule has 1 aliphatic carbocycles. The summed E-state index contributed by atoms with van der Waals surface area (Å²) in [6.45, 7) is 1.03. The van der Waals surface area contributed by atoms with Gasteiger partial charge < -0.3 is 15.4 Å². The molecule has 1 unspecified atom stereocenters. The minimum atomic E-state index is 0.640. The summed E-state index contributed by atoms with van der Waals surface area (Å²) in [5.74, 6) is 1.82. The third kappa shape index (κ3) is 1.70. The quantitative estimate of drug-likeness (QED) is 0.800. The van der Waals surface area contributed by atoms with Crippen LogP contribution in [0.15, 0.2) is 18.2 Å². The molecule has 3 rings (SSSR count). The van der Waals surface area contributed by atoms with Crippen LogP contribution in [-0.4, -0.2) is 19.7 Å². The van der Waals surface area contributed by atoms with Crippen LogP contribution in [0, 0.1) is 5.92 Å². The third-order valence-corrected chi connectivity index (χ3v) is 3.54. The first-order valence-corrected chi connectivity index (χ1v) is 6.06. The summed E-state index contributed by atoms with van der Waals surface area (Å²) < 4.78 is 5.38. The number of methoxy groups -OCH3 is 1. The van der Waals surface area contributed by atoms with Gasteiger partial charge in [-0.15, -0.1) is 0 Å². The molecule has 1 saturated carbocycles. The second-order valence-electron chi connectivity index (χ2n) is 4.69. The Hall–Kier alpha value is -1.38. The van der Waals surface area contributed by atoms with Gasteiger partial charge in [-0.25, -0.2) is 0 Å². The maximum absolute atomic E-state index is 5.38. The van der Waals surface area contributed by atoms with E-state index in [-0.39, 0.29) is 0 Å². The molecule has 1 fully saturated rings. The monoisotopic (exact) mass is 218 g/mol. The van der Waals surface area contributed by atoms with Gasteiger partial charge in [-0.05, 0) is 37.3 Å². The van der Waals surface area contributed by atoms with Crippen molar-refractivity contribution in [3.63, 3.8) is 0 Å². The summed E-state index contributed by atoms with van der Waals surface area (Å²) >= 11 is 0. The molecule has 2 aliphatic rings. The lowest BCUT2D eigenvalue weighted by molar-refractivity contribution is 0.416. The molecule has 1 heterocycles. The van der Waals surface area contributed by atoms with Gasteiger partial charge in [0.1, 0.15) is 11.4 Å². The maximum Gasteiger partial charge on any atom is 0.144 e. The highest BCUT2D eigenvalue weighted by Gasteiger charge is 2.32. The van der Waals surface area contributed by atoms with Gasteiger partial charge in [-0.3, -0.25) is 0 Å². The largest absolute Gasteiger partial charge is 0.495 e. The van der Waals surface area contributed by atoms with Crippen molar-refractivity contribution in [3.05, 3.63) is 18.2 Å². The lowest BCUT2D eigenvalue weighted by atomic mass is 10.1. The molecule has 3 nitrogen and oxygen atoms in total. The van der Waals surface area contributed by atoms with Crippen LogP contribution >= 0.6 is 0 Å². The fourth-order valence-corrected chi connectivity index (χ4v) is 2.48. The number of nitrogens with one attached hydrogen (secondary N) is 2. The molecule has 0 amide bonds. The zero-order chi connectivity index (χ0) is 11.0. The number of anilines is 2. The Labute approximate surface area is 96.2 Å². The molecule has 0 bridgehead atoms. The number of hydrogen-bond acceptors (Lipinski definition) is 3. The van der Waals surface area contributed by atoms with Crippen LogP contribution in [-0.2, 0) is 0 Å². The fraction of sp³-hybridized carbons (Fsp3) is 0.538. The first kappa shape index (κ1) is 9.82. The summed E-state index contributed by atoms with van der Waals surface area (Å²) in [5, 5.41) is 7.12. The van der Waals surface area contributed by atoms with Gasteiger partial charge in [0.25, 0.3) is 0 Å². The van der Waals surface area contributed by atoms with E-state index in [0.29, 0.717) is 6.04 Å². The van der Waals surface area contributed by atoms with Gasteiger partial charge in [-0.1, -0.05) is 6.07 Å². The normalized spacial score (nSPS) is 23.7. The van der Waals surface area contributed by atoms with E-state index in [2.05, 4.69) is 16.7 Å². The van der Waals surface area contributed by atoms with E-state index >= 15 is 0 Å². The second kappa shape index (κ2) is 3.89. The van der Waals surface area contributed by atoms with E-state index in [9.17, 15) is 0 Å². The smallest absolute Gasteiger partial charge is 0.144 e. The number of para-hydroxylation sites is 1. The molecule has 0 aromatic heterocycles. The topological polar surface area (TPSA) is 33.3 Å². The first-order valence-electron chi connectivity index (χ1n) is 6.06. The van der Waals surface area contributed by atoms with Crippen LogP contribution in [0.4, 0.5) is 11.4 Å². The molecule has 16 heavy (non-hydrogen) atoms. The SMILES string of the molecule is COc1cccc2c1NCCC(C1CC1)N2. The molecule has 86 valence electrons. The molecule has 1 atom stereocenters. The standard InChI is InChI=1S/C13H18N2O/c1-16-12-4-2-3-11-13(12)14-8-7-10(15-11)9-5-6-9/h2-4,9-10,14-15H,5-8H2,1H3. The molecular formula is C13H18N2O. The van der Waals surface area contributed by atoms with Crippen LogP contribution in [0.1, 0.15) is 19.3 Å². The van der Waals surface area contributed by atoms with Crippen LogP contribution in [0.5, 0.6) is 5.75 Å². The molecule has 0 spiro atoms. The predicted octanol–water partition coefficient (Wildman–Crippen LogP) is 2.70. The van der Waals surface area contributed by atoms with Crippen molar-refractivity contribution in [2.24, 2.45) is 5.92 Å². The molecule has 0 saturated heterocycles. The van der Waals surface area contributed by atoms with Crippen LogP contribution in [0.2, 0.25) is 0 Å². The zero-order valence-electron chi connectivity index (χ0n) is 9.62. The minimum Gasteiger partial charge on any atom is -0.495 e. The number of fused-ring (bicyclic) bond motifs is 1. The molecule has 1 aromatic carbocycles. The van der Waals surface area contributed by atoms with Gasteiger partial charge in [-0.2, -0.15) is 0 Å². The second-order valence-corrected chi connectivity index (χ2v) is 4.69. The van der Waals surface area contributed by atoms with Gasteiger partial charge in [0.05, 0.1) is 12.8 Å². The first-order chi connectivity index (χ1) is 7.88. The highest BCUT2D eigenvalue weighted by molar-refractivity contribution is 5.76. The summed E-state index contributed by atoms with van der Waals surface area (Å²) in [6, 6.07) is 6.82. The van der Waals surface area contributed by atoms with Gasteiger partial charge >= 0.3 is 0 Å². The Morgan fingerprint density at radius 1 is 1.25 bits per heavy atom.